The maximum Gasteiger partial charge on any atom is 0.261 e. The van der Waals surface area contributed by atoms with Gasteiger partial charge in [-0.2, -0.15) is 0 Å². The van der Waals surface area contributed by atoms with E-state index in [0.717, 1.165) is 68.6 Å². The van der Waals surface area contributed by atoms with Crippen molar-refractivity contribution >= 4 is 110 Å². The van der Waals surface area contributed by atoms with Gasteiger partial charge in [0, 0.05) is 154 Å². The Kier molecular flexibility index (Phi) is 51.0. The number of nitrogens with one attached hydrogen (secondary N) is 6. The smallest absolute Gasteiger partial charge is 0.261 e. The predicted octanol–water partition coefficient (Wildman–Crippen LogP) is -4.20. The van der Waals surface area contributed by atoms with Crippen LogP contribution in [0.2, 0.25) is 0 Å². The van der Waals surface area contributed by atoms with E-state index in [2.05, 4.69) is 117 Å². The summed E-state index contributed by atoms with van der Waals surface area (Å²) in [5, 5.41) is 63.4. The third kappa shape index (κ3) is 41.4. The Balaban J connectivity index is 0.000000558. The van der Waals surface area contributed by atoms with Crippen LogP contribution < -0.4 is 85.1 Å². The molecule has 0 spiro atoms. The fraction of sp³-hybridized carbons (Fsp3) is 0.619. The number of amides is 6. The van der Waals surface area contributed by atoms with Crippen molar-refractivity contribution < 1.29 is 121 Å². The van der Waals surface area contributed by atoms with E-state index >= 15 is 0 Å². The molecule has 4 aromatic rings. The molecule has 0 saturated heterocycles. The van der Waals surface area contributed by atoms with Crippen molar-refractivity contribution in [3.63, 3.8) is 0 Å². The number of rotatable bonds is 57. The highest BCUT2D eigenvalue weighted by molar-refractivity contribution is 6.26. The number of carboxylic acid groups (broad SMARTS) is 4. The van der Waals surface area contributed by atoms with Crippen LogP contribution in [-0.4, -0.2) is 209 Å². The van der Waals surface area contributed by atoms with Gasteiger partial charge in [-0.25, -0.2) is 0 Å². The highest BCUT2D eigenvalue weighted by atomic mass is 16.4. The standard InChI is InChI=1S/C32H53N5O3.C30H43N5O4.C12H20N2O6.C10H18N2O5/c1-5-6-7-8-10-27(33)21-34-16-14-30(35-15-9-11-28(39)22-36-25(4)38)32(40)19-24(3)17-26-20-37-31-18-23(2)12-13-29(26)31;1-5-6-8-21(31)18-33-15-13-25(32)27(37)17-20(19(2)36)14-16-35-29(38)23-10-7-9-22-26(34(3)4)12-11-24(28(22)23)30(35)39;1-2-9(15)13-7-6-8(12(19)20)14-10(16)4-3-5-11(17)18;1-11-6-5-7(10(16)17)12-8(13)3-2-4-9(14)15/h12-13,18,20,24,27,30,34-35,37H,5-11,14-17,19,21-22,33H2,1-4H3,(H,36,38);7,9-12,20-21,25,33H,5-6,8,13-18,31-32H2,1-4H3;8H,2-7H2,1H3,(H,13,15)(H,14,16)(H,17,18)(H,19,20);7,11H,2-6H2,1H3,(H,12,13)(H,14,15)(H,16,17)/p+2/t24-,27-,30-;20-,21-,25-;8-;7-/m0011/s1. The second-order valence-electron chi connectivity index (χ2n) is 30.6. The molecule has 32 nitrogen and oxygen atoms in total. The Morgan fingerprint density at radius 3 is 1.73 bits per heavy atom. The Bertz CT molecular complexity index is 3770. The lowest BCUT2D eigenvalue weighted by molar-refractivity contribution is -0.704. The molecule has 8 atom stereocenters. The summed E-state index contributed by atoms with van der Waals surface area (Å²) in [6.07, 6.45) is 16.2. The number of carbonyl (C=O) groups is 14. The molecule has 0 saturated carbocycles. The molecule has 0 aliphatic carbocycles. The molecule has 648 valence electrons. The van der Waals surface area contributed by atoms with Gasteiger partial charge in [0.05, 0.1) is 63.0 Å². The number of aliphatic carboxylic acids is 4. The number of nitrogens with zero attached hydrogens (tertiary/aromatic N) is 2. The molecular weight excluding hydrogens is 1490 g/mol. The number of fused-ring (bicyclic) bond motifs is 1. The zero-order chi connectivity index (χ0) is 86.8. The number of hydrogen-bond acceptors (Lipinski definition) is 20. The van der Waals surface area contributed by atoms with Crippen molar-refractivity contribution in [2.45, 2.75) is 245 Å². The number of benzene rings is 3. The number of unbranched alkanes of at least 4 members (excludes halogenated alkanes) is 4. The van der Waals surface area contributed by atoms with Gasteiger partial charge in [0.1, 0.15) is 37.0 Å². The van der Waals surface area contributed by atoms with Gasteiger partial charge >= 0.3 is 0 Å². The van der Waals surface area contributed by atoms with Crippen LogP contribution >= 0.6 is 0 Å². The maximum atomic E-state index is 13.4. The first-order valence-corrected chi connectivity index (χ1v) is 41.3. The molecule has 1 aliphatic heterocycles. The van der Waals surface area contributed by atoms with Crippen LogP contribution in [0.5, 0.6) is 0 Å². The molecule has 0 unspecified atom stereocenters. The topological polar surface area (TPSA) is 546 Å². The number of aromatic nitrogens is 1. The zero-order valence-corrected chi connectivity index (χ0v) is 70.5. The number of carbonyl (C=O) groups excluding carboxylic acids is 14. The number of anilines is 1. The van der Waals surface area contributed by atoms with E-state index in [4.69, 9.17) is 0 Å². The first-order valence-electron chi connectivity index (χ1n) is 41.3. The number of aromatic amines is 1. The van der Waals surface area contributed by atoms with Crippen molar-refractivity contribution in [3.8, 4) is 0 Å². The van der Waals surface area contributed by atoms with Gasteiger partial charge in [-0.3, -0.25) is 52.8 Å². The van der Waals surface area contributed by atoms with Crippen LogP contribution in [0.25, 0.3) is 21.7 Å². The molecule has 21 N–H and O–H groups in total. The highest BCUT2D eigenvalue weighted by Crippen LogP contribution is 2.36. The van der Waals surface area contributed by atoms with Crippen LogP contribution in [0.4, 0.5) is 5.69 Å². The van der Waals surface area contributed by atoms with Crippen LogP contribution in [0.3, 0.4) is 0 Å². The van der Waals surface area contributed by atoms with Crippen molar-refractivity contribution in [2.75, 3.05) is 84.9 Å². The minimum Gasteiger partial charge on any atom is -0.550 e. The number of H-pyrrole nitrogens is 1. The van der Waals surface area contributed by atoms with Crippen LogP contribution in [0.1, 0.15) is 227 Å². The van der Waals surface area contributed by atoms with Crippen LogP contribution in [0.15, 0.2) is 54.7 Å². The number of imide groups is 1. The third-order valence-electron chi connectivity index (χ3n) is 20.1. The Labute approximate surface area is 683 Å². The molecular formula is C84H136N14O18+2. The van der Waals surface area contributed by atoms with Gasteiger partial charge in [-0.05, 0) is 133 Å². The fourth-order valence-electron chi connectivity index (χ4n) is 13.3. The predicted molar refractivity (Wildman–Crippen MR) is 430 cm³/mol. The molecule has 3 aromatic carbocycles. The summed E-state index contributed by atoms with van der Waals surface area (Å²) < 4.78 is 0. The number of quaternary nitrogens is 6. The number of carboxylic acids is 4. The number of nitrogens with two attached hydrogens (primary N) is 3. The minimum absolute atomic E-state index is 0.000297. The molecule has 116 heavy (non-hydrogen) atoms. The average Bonchev–Trinajstić information content (AvgIpc) is 0.816. The first kappa shape index (κ1) is 103. The highest BCUT2D eigenvalue weighted by Gasteiger charge is 2.35. The first-order chi connectivity index (χ1) is 55.1. The number of hydrogen-bond donors (Lipinski definition) is 12. The molecule has 2 heterocycles. The Morgan fingerprint density at radius 2 is 1.18 bits per heavy atom. The molecule has 0 fully saturated rings. The summed E-state index contributed by atoms with van der Waals surface area (Å²) in [6.45, 7) is 18.3. The molecule has 5 rings (SSSR count). The van der Waals surface area contributed by atoms with E-state index in [-0.39, 0.29) is 143 Å². The summed E-state index contributed by atoms with van der Waals surface area (Å²) in [5.74, 6) is -7.68. The van der Waals surface area contributed by atoms with E-state index in [9.17, 15) is 87.5 Å². The molecule has 1 aliphatic rings. The molecule has 32 heteroatoms. The number of aryl methyl sites for hydroxylation is 1. The average molecular weight is 1630 g/mol. The Hall–Kier alpha value is -9.44. The molecule has 0 radical (unpaired) electrons. The normalized spacial score (nSPS) is 13.6. The summed E-state index contributed by atoms with van der Waals surface area (Å²) in [4.78, 5) is 171. The van der Waals surface area contributed by atoms with Crippen molar-refractivity contribution in [3.05, 3.63) is 77.0 Å². The number of ketones is 4. The fourth-order valence-corrected chi connectivity index (χ4v) is 13.3. The summed E-state index contributed by atoms with van der Waals surface area (Å²) in [7, 11) is 5.51. The van der Waals surface area contributed by atoms with E-state index in [1.54, 1.807) is 26.1 Å². The van der Waals surface area contributed by atoms with Gasteiger partial charge in [0.2, 0.25) is 23.6 Å². The Morgan fingerprint density at radius 1 is 0.595 bits per heavy atom. The number of Topliss-reactive ketones (excluding diaryl/α,β-unsaturated/α-hetero) is 4. The van der Waals surface area contributed by atoms with E-state index in [1.807, 2.05) is 37.2 Å². The third-order valence-corrected chi connectivity index (χ3v) is 20.1. The second-order valence-corrected chi connectivity index (χ2v) is 30.6. The van der Waals surface area contributed by atoms with Crippen molar-refractivity contribution in [1.29, 1.82) is 0 Å². The van der Waals surface area contributed by atoms with E-state index < -0.39 is 59.7 Å². The maximum absolute atomic E-state index is 13.4. The monoisotopic (exact) mass is 1630 g/mol. The van der Waals surface area contributed by atoms with Gasteiger partial charge < -0.3 is 109 Å². The summed E-state index contributed by atoms with van der Waals surface area (Å²) in [5.41, 5.74) is 18.1. The lowest BCUT2D eigenvalue weighted by Crippen LogP contribution is -2.95. The lowest BCUT2D eigenvalue weighted by atomic mass is 9.90. The van der Waals surface area contributed by atoms with Crippen molar-refractivity contribution in [2.24, 2.45) is 11.8 Å². The molecule has 1 aromatic heterocycles. The van der Waals surface area contributed by atoms with Gasteiger partial charge in [0.15, 0.2) is 23.4 Å². The molecule has 0 bridgehead atoms. The summed E-state index contributed by atoms with van der Waals surface area (Å²) >= 11 is 0. The lowest BCUT2D eigenvalue weighted by Gasteiger charge is -2.29. The largest absolute Gasteiger partial charge is 0.550 e. The van der Waals surface area contributed by atoms with Crippen LogP contribution in [-0.2, 0) is 64.0 Å². The summed E-state index contributed by atoms with van der Waals surface area (Å²) in [6, 6.07) is 13.7. The quantitative estimate of drug-likeness (QED) is 0.0147. The van der Waals surface area contributed by atoms with E-state index in [1.165, 1.54) is 80.2 Å². The van der Waals surface area contributed by atoms with Gasteiger partial charge in [0.25, 0.3) is 11.8 Å². The van der Waals surface area contributed by atoms with Gasteiger partial charge in [-0.15, -0.1) is 0 Å². The van der Waals surface area contributed by atoms with Crippen LogP contribution in [0, 0.1) is 18.8 Å². The van der Waals surface area contributed by atoms with Crippen molar-refractivity contribution in [1.82, 2.24) is 36.5 Å². The van der Waals surface area contributed by atoms with E-state index in [0.29, 0.717) is 66.6 Å². The zero-order valence-electron chi connectivity index (χ0n) is 70.5. The minimum atomic E-state index is -1.45. The van der Waals surface area contributed by atoms with Gasteiger partial charge in [-0.1, -0.05) is 77.6 Å². The molecule has 6 amide bonds. The SMILES string of the molecule is CCC(=O)NCC[C@@H](NC(=O)CCCC(=O)[O-])C(=O)[O-].CCCCCC[C@H]([NH3+])C[NH2+]CC[C@H]([NH2+]CCCC(=O)CNC(C)=O)C(=O)C[C@@H](C)Cc1c[nH]c2cc(C)ccc12.CCCC[C@H]([NH3+])C[NH2+]CC[C@H]([NH3+])C(=O)C[C@H](CCN1C(=O)c2cccc3c(N(C)C)ccc(c23)C1=O)C(C)=O.CNCC[C@@H](NC(=O)CCCC(=O)[O-])C(=O)[O-]. The second kappa shape index (κ2) is 57.6.